The van der Waals surface area contributed by atoms with Gasteiger partial charge in [-0.1, -0.05) is 17.2 Å². The zero-order valence-electron chi connectivity index (χ0n) is 13.0. The van der Waals surface area contributed by atoms with E-state index in [9.17, 15) is 9.59 Å². The van der Waals surface area contributed by atoms with Gasteiger partial charge in [0, 0.05) is 0 Å². The highest BCUT2D eigenvalue weighted by Crippen LogP contribution is 2.19. The molecule has 0 saturated heterocycles. The van der Waals surface area contributed by atoms with Gasteiger partial charge >= 0.3 is 17.1 Å². The minimum absolute atomic E-state index is 0. The molecule has 0 atom stereocenters. The number of carboxylic acid groups (broad SMARTS) is 1. The molecule has 1 aromatic carbocycles. The third-order valence-electron chi connectivity index (χ3n) is 2.84. The molecule has 2 aromatic rings. The molecule has 24 heavy (non-hydrogen) atoms. The summed E-state index contributed by atoms with van der Waals surface area (Å²) < 4.78 is 4.96. The second-order valence-corrected chi connectivity index (χ2v) is 5.55. The highest BCUT2D eigenvalue weighted by atomic mass is 35.5. The van der Waals surface area contributed by atoms with Crippen LogP contribution >= 0.6 is 11.3 Å². The number of thiazole rings is 1. The van der Waals surface area contributed by atoms with Crippen molar-refractivity contribution in [3.8, 4) is 0 Å². The van der Waals surface area contributed by atoms with Crippen LogP contribution in [0.25, 0.3) is 0 Å². The lowest BCUT2D eigenvalue weighted by molar-refractivity contribution is -0.364. The Morgan fingerprint density at radius 2 is 2.04 bits per heavy atom. The van der Waals surface area contributed by atoms with Crippen molar-refractivity contribution in [1.82, 2.24) is 0 Å². The first-order chi connectivity index (χ1) is 11.0. The summed E-state index contributed by atoms with van der Waals surface area (Å²) in [7, 11) is 0. The van der Waals surface area contributed by atoms with Crippen molar-refractivity contribution < 1.29 is 36.8 Å². The number of rotatable bonds is 6. The third kappa shape index (κ3) is 5.04. The van der Waals surface area contributed by atoms with Gasteiger partial charge in [0.25, 0.3) is 0 Å². The number of aryl methyl sites for hydroxylation is 1. The fraction of sp³-hybridized carbons (Fsp3) is 0.200. The first-order valence-electron chi connectivity index (χ1n) is 6.83. The number of carbonyl (C=O) groups excluding carboxylic acids is 1. The molecule has 0 amide bonds. The SMILES string of the molecule is CCOC(=O)c1sc(N/N=C/c2ccc(C(=O)O)cc2)[nH+]c1C.[Cl-]. The zero-order valence-corrected chi connectivity index (χ0v) is 14.6. The number of carboxylic acids is 1. The van der Waals surface area contributed by atoms with Crippen LogP contribution in [0.2, 0.25) is 0 Å². The summed E-state index contributed by atoms with van der Waals surface area (Å²) in [6, 6.07) is 6.32. The molecule has 1 heterocycles. The molecule has 128 valence electrons. The average Bonchev–Trinajstić information content (AvgIpc) is 2.89. The first kappa shape index (κ1) is 19.6. The number of hydrazone groups is 1. The van der Waals surface area contributed by atoms with Crippen molar-refractivity contribution in [3.63, 3.8) is 0 Å². The number of hydrogen-bond acceptors (Lipinski definition) is 6. The summed E-state index contributed by atoms with van der Waals surface area (Å²) in [5.41, 5.74) is 4.47. The second kappa shape index (κ2) is 8.99. The number of esters is 1. The summed E-state index contributed by atoms with van der Waals surface area (Å²) in [6.45, 7) is 3.86. The number of hydrogen-bond donors (Lipinski definition) is 2. The Morgan fingerprint density at radius 3 is 2.62 bits per heavy atom. The molecular weight excluding hydrogens is 354 g/mol. The molecule has 0 aliphatic heterocycles. The quantitative estimate of drug-likeness (QED) is 0.394. The largest absolute Gasteiger partial charge is 1.00 e. The number of H-pyrrole nitrogens is 1. The van der Waals surface area contributed by atoms with E-state index in [4.69, 9.17) is 9.84 Å². The van der Waals surface area contributed by atoms with Crippen molar-refractivity contribution in [2.45, 2.75) is 13.8 Å². The number of nitrogens with zero attached hydrogens (tertiary/aromatic N) is 1. The number of nitrogens with one attached hydrogen (secondary N) is 2. The highest BCUT2D eigenvalue weighted by molar-refractivity contribution is 7.17. The average molecular weight is 370 g/mol. The molecule has 3 N–H and O–H groups in total. The number of aromatic nitrogens is 1. The van der Waals surface area contributed by atoms with Crippen molar-refractivity contribution in [2.75, 3.05) is 12.0 Å². The number of ether oxygens (including phenoxy) is 1. The van der Waals surface area contributed by atoms with Crippen molar-refractivity contribution in [3.05, 3.63) is 46.0 Å². The number of carbonyl (C=O) groups is 2. The number of anilines is 1. The predicted molar refractivity (Wildman–Crippen MR) is 86.2 cm³/mol. The molecular formula is C15H16ClN3O4S. The number of halogens is 1. The molecule has 2 rings (SSSR count). The molecule has 0 aliphatic rings. The van der Waals surface area contributed by atoms with Gasteiger partial charge in [-0.15, -0.1) is 5.43 Å². The molecule has 0 bridgehead atoms. The third-order valence-corrected chi connectivity index (χ3v) is 3.92. The maximum Gasteiger partial charge on any atom is 0.357 e. The molecule has 7 nitrogen and oxygen atoms in total. The maximum atomic E-state index is 11.7. The molecule has 0 aliphatic carbocycles. The van der Waals surface area contributed by atoms with Crippen LogP contribution in [-0.4, -0.2) is 29.9 Å². The topological polar surface area (TPSA) is 102 Å². The van der Waals surface area contributed by atoms with Gasteiger partial charge in [0.15, 0.2) is 4.88 Å². The Balaban J connectivity index is 0.00000288. The van der Waals surface area contributed by atoms with Crippen LogP contribution in [0.3, 0.4) is 0 Å². The van der Waals surface area contributed by atoms with Crippen molar-refractivity contribution in [1.29, 1.82) is 0 Å². The lowest BCUT2D eigenvalue weighted by atomic mass is 10.1. The van der Waals surface area contributed by atoms with Gasteiger partial charge in [-0.05, 0) is 42.9 Å². The van der Waals surface area contributed by atoms with Gasteiger partial charge in [0.05, 0.1) is 18.4 Å². The number of aromatic amines is 1. The Morgan fingerprint density at radius 1 is 1.38 bits per heavy atom. The molecule has 1 aromatic heterocycles. The van der Waals surface area contributed by atoms with Crippen LogP contribution in [0.4, 0.5) is 5.13 Å². The van der Waals surface area contributed by atoms with Gasteiger partial charge in [-0.3, -0.25) is 0 Å². The molecule has 0 radical (unpaired) electrons. The summed E-state index contributed by atoms with van der Waals surface area (Å²) in [6.07, 6.45) is 1.55. The van der Waals surface area contributed by atoms with Gasteiger partial charge in [0.2, 0.25) is 0 Å². The molecule has 9 heteroatoms. The van der Waals surface area contributed by atoms with Crippen LogP contribution in [0.5, 0.6) is 0 Å². The van der Waals surface area contributed by atoms with Crippen LogP contribution in [0, 0.1) is 6.92 Å². The standard InChI is InChI=1S/C15H15N3O4S.ClH/c1-3-22-14(21)12-9(2)17-15(23-12)18-16-8-10-4-6-11(7-5-10)13(19)20;/h4-8H,3H2,1-2H3,(H,17,18)(H,19,20);1H/b16-8+;. The van der Waals surface area contributed by atoms with E-state index in [1.165, 1.54) is 23.5 Å². The van der Waals surface area contributed by atoms with Crippen LogP contribution in [0.15, 0.2) is 29.4 Å². The predicted octanol–water partition coefficient (Wildman–Crippen LogP) is -0.804. The van der Waals surface area contributed by atoms with Gasteiger partial charge < -0.3 is 22.3 Å². The molecule has 0 unspecified atom stereocenters. The van der Waals surface area contributed by atoms with Crippen LogP contribution < -0.4 is 22.8 Å². The van der Waals surface area contributed by atoms with Crippen LogP contribution in [-0.2, 0) is 4.74 Å². The lowest BCUT2D eigenvalue weighted by Gasteiger charge is -1.96. The van der Waals surface area contributed by atoms with E-state index < -0.39 is 5.97 Å². The number of benzene rings is 1. The lowest BCUT2D eigenvalue weighted by Crippen LogP contribution is -3.00. The van der Waals surface area contributed by atoms with Crippen molar-refractivity contribution >= 4 is 34.6 Å². The van der Waals surface area contributed by atoms with Gasteiger partial charge in [0.1, 0.15) is 5.69 Å². The zero-order chi connectivity index (χ0) is 16.8. The normalized spacial score (nSPS) is 10.2. The summed E-state index contributed by atoms with van der Waals surface area (Å²) >= 11 is 1.22. The highest BCUT2D eigenvalue weighted by Gasteiger charge is 2.19. The fourth-order valence-corrected chi connectivity index (χ4v) is 2.60. The molecule has 0 spiro atoms. The van der Waals surface area contributed by atoms with E-state index in [2.05, 4.69) is 15.5 Å². The molecule has 0 saturated carbocycles. The van der Waals surface area contributed by atoms with Gasteiger partial charge in [-0.25, -0.2) is 14.6 Å². The Bertz CT molecular complexity index is 744. The van der Waals surface area contributed by atoms with Crippen molar-refractivity contribution in [2.24, 2.45) is 5.10 Å². The van der Waals surface area contributed by atoms with E-state index in [1.807, 2.05) is 0 Å². The van der Waals surface area contributed by atoms with Crippen LogP contribution in [0.1, 0.15) is 38.2 Å². The minimum atomic E-state index is -0.971. The summed E-state index contributed by atoms with van der Waals surface area (Å²) in [5.74, 6) is -1.34. The molecule has 0 fully saturated rings. The van der Waals surface area contributed by atoms with E-state index in [0.29, 0.717) is 22.3 Å². The summed E-state index contributed by atoms with van der Waals surface area (Å²) in [4.78, 5) is 26.0. The Kier molecular flexibility index (Phi) is 7.34. The summed E-state index contributed by atoms with van der Waals surface area (Å²) in [5, 5.41) is 13.5. The maximum absolute atomic E-state index is 11.7. The second-order valence-electron chi connectivity index (χ2n) is 4.53. The first-order valence-corrected chi connectivity index (χ1v) is 7.65. The van der Waals surface area contributed by atoms with E-state index in [0.717, 1.165) is 5.56 Å². The Labute approximate surface area is 148 Å². The Hall–Kier alpha value is -2.45. The minimum Gasteiger partial charge on any atom is -1.00 e. The monoisotopic (exact) mass is 369 g/mol. The van der Waals surface area contributed by atoms with E-state index in [-0.39, 0.29) is 23.9 Å². The van der Waals surface area contributed by atoms with E-state index >= 15 is 0 Å². The number of aromatic carboxylic acids is 1. The van der Waals surface area contributed by atoms with E-state index in [1.54, 1.807) is 32.2 Å². The fourth-order valence-electron chi connectivity index (χ4n) is 1.75. The smallest absolute Gasteiger partial charge is 0.357 e. The van der Waals surface area contributed by atoms with Gasteiger partial charge in [-0.2, -0.15) is 0 Å².